The Morgan fingerprint density at radius 2 is 1.94 bits per heavy atom. The molecule has 2 nitrogen and oxygen atoms in total. The van der Waals surface area contributed by atoms with Gasteiger partial charge in [-0.15, -0.1) is 0 Å². The molecule has 0 amide bonds. The lowest BCUT2D eigenvalue weighted by atomic mass is 9.80. The molecule has 1 aliphatic carbocycles. The molecule has 0 heterocycles. The van der Waals surface area contributed by atoms with Gasteiger partial charge in [0.2, 0.25) is 0 Å². The van der Waals surface area contributed by atoms with Crippen LogP contribution in [0.3, 0.4) is 0 Å². The smallest absolute Gasteiger partial charge is 0.0646 e. The van der Waals surface area contributed by atoms with Crippen LogP contribution in [0.25, 0.3) is 0 Å². The highest BCUT2D eigenvalue weighted by molar-refractivity contribution is 4.87. The van der Waals surface area contributed by atoms with E-state index in [-0.39, 0.29) is 5.60 Å². The Morgan fingerprint density at radius 3 is 2.44 bits per heavy atom. The van der Waals surface area contributed by atoms with E-state index in [4.69, 9.17) is 0 Å². The Morgan fingerprint density at radius 1 is 1.31 bits per heavy atom. The molecular formula is C14H29NO. The van der Waals surface area contributed by atoms with Gasteiger partial charge in [-0.1, -0.05) is 27.2 Å². The zero-order valence-corrected chi connectivity index (χ0v) is 11.3. The molecule has 1 rings (SSSR count). The fraction of sp³-hybridized carbons (Fsp3) is 1.00. The van der Waals surface area contributed by atoms with Gasteiger partial charge in [-0.3, -0.25) is 0 Å². The van der Waals surface area contributed by atoms with Gasteiger partial charge in [0.25, 0.3) is 0 Å². The number of aliphatic hydroxyl groups is 1. The van der Waals surface area contributed by atoms with Crippen LogP contribution in [0.4, 0.5) is 0 Å². The first-order chi connectivity index (χ1) is 7.59. The third-order valence-corrected chi connectivity index (χ3v) is 4.11. The SMILES string of the molecule is CCCC(C)CNC1CCC(O)(CC)CC1. The molecule has 2 heteroatoms. The Hall–Kier alpha value is -0.0800. The Bertz CT molecular complexity index is 185. The van der Waals surface area contributed by atoms with Crippen LogP contribution in [0.2, 0.25) is 0 Å². The molecule has 0 saturated heterocycles. The number of nitrogens with one attached hydrogen (secondary N) is 1. The first-order valence-corrected chi connectivity index (χ1v) is 7.05. The zero-order chi connectivity index (χ0) is 12.0. The minimum Gasteiger partial charge on any atom is -0.390 e. The Kier molecular flexibility index (Phi) is 5.77. The fourth-order valence-corrected chi connectivity index (χ4v) is 2.68. The van der Waals surface area contributed by atoms with Crippen LogP contribution in [0.5, 0.6) is 0 Å². The first-order valence-electron chi connectivity index (χ1n) is 7.05. The molecule has 0 aromatic heterocycles. The van der Waals surface area contributed by atoms with E-state index in [0.29, 0.717) is 6.04 Å². The number of rotatable bonds is 6. The molecule has 1 atom stereocenters. The molecule has 96 valence electrons. The van der Waals surface area contributed by atoms with Gasteiger partial charge in [0.05, 0.1) is 5.60 Å². The van der Waals surface area contributed by atoms with Crippen molar-refractivity contribution in [1.29, 1.82) is 0 Å². The maximum Gasteiger partial charge on any atom is 0.0646 e. The molecule has 1 unspecified atom stereocenters. The van der Waals surface area contributed by atoms with Gasteiger partial charge in [-0.2, -0.15) is 0 Å². The van der Waals surface area contributed by atoms with Crippen molar-refractivity contribution in [3.05, 3.63) is 0 Å². The van der Waals surface area contributed by atoms with Crippen LogP contribution in [0.1, 0.15) is 65.7 Å². The van der Waals surface area contributed by atoms with Crippen molar-refractivity contribution in [2.75, 3.05) is 6.54 Å². The third kappa shape index (κ3) is 4.42. The highest BCUT2D eigenvalue weighted by atomic mass is 16.3. The molecular weight excluding hydrogens is 198 g/mol. The summed E-state index contributed by atoms with van der Waals surface area (Å²) >= 11 is 0. The summed E-state index contributed by atoms with van der Waals surface area (Å²) in [6.45, 7) is 7.81. The van der Waals surface area contributed by atoms with E-state index in [1.54, 1.807) is 0 Å². The summed E-state index contributed by atoms with van der Waals surface area (Å²) < 4.78 is 0. The van der Waals surface area contributed by atoms with Gasteiger partial charge in [-0.25, -0.2) is 0 Å². The van der Waals surface area contributed by atoms with E-state index in [2.05, 4.69) is 26.1 Å². The lowest BCUT2D eigenvalue weighted by molar-refractivity contribution is -0.00702. The van der Waals surface area contributed by atoms with E-state index in [0.717, 1.165) is 44.6 Å². The maximum absolute atomic E-state index is 10.1. The largest absolute Gasteiger partial charge is 0.390 e. The molecule has 0 radical (unpaired) electrons. The standard InChI is InChI=1S/C14H29NO/c1-4-6-12(3)11-15-13-7-9-14(16,5-2)10-8-13/h12-13,15-16H,4-11H2,1-3H3. The normalized spacial score (nSPS) is 32.6. The van der Waals surface area contributed by atoms with Crippen molar-refractivity contribution >= 4 is 0 Å². The van der Waals surface area contributed by atoms with Gasteiger partial charge in [0, 0.05) is 6.04 Å². The van der Waals surface area contributed by atoms with E-state index in [1.165, 1.54) is 12.8 Å². The second-order valence-electron chi connectivity index (χ2n) is 5.65. The van der Waals surface area contributed by atoms with Crippen LogP contribution >= 0.6 is 0 Å². The van der Waals surface area contributed by atoms with Crippen LogP contribution in [0.15, 0.2) is 0 Å². The summed E-state index contributed by atoms with van der Waals surface area (Å²) in [5.74, 6) is 0.789. The summed E-state index contributed by atoms with van der Waals surface area (Å²) in [5.41, 5.74) is -0.354. The van der Waals surface area contributed by atoms with Crippen molar-refractivity contribution in [2.24, 2.45) is 5.92 Å². The quantitative estimate of drug-likeness (QED) is 0.731. The molecule has 1 aliphatic rings. The molecule has 2 N–H and O–H groups in total. The second-order valence-corrected chi connectivity index (χ2v) is 5.65. The summed E-state index contributed by atoms with van der Waals surface area (Å²) in [6, 6.07) is 0.645. The Labute approximate surface area is 101 Å². The monoisotopic (exact) mass is 227 g/mol. The Balaban J connectivity index is 2.17. The highest BCUT2D eigenvalue weighted by Gasteiger charge is 2.31. The van der Waals surface area contributed by atoms with Gasteiger partial charge in [0.1, 0.15) is 0 Å². The van der Waals surface area contributed by atoms with Crippen molar-refractivity contribution in [3.8, 4) is 0 Å². The minimum atomic E-state index is -0.354. The van der Waals surface area contributed by atoms with Crippen LogP contribution in [0, 0.1) is 5.92 Å². The fourth-order valence-electron chi connectivity index (χ4n) is 2.68. The van der Waals surface area contributed by atoms with Crippen molar-refractivity contribution in [1.82, 2.24) is 5.32 Å². The molecule has 0 aromatic carbocycles. The average Bonchev–Trinajstić information content (AvgIpc) is 2.29. The highest BCUT2D eigenvalue weighted by Crippen LogP contribution is 2.30. The van der Waals surface area contributed by atoms with Crippen LogP contribution in [-0.4, -0.2) is 23.3 Å². The lowest BCUT2D eigenvalue weighted by Gasteiger charge is -2.36. The molecule has 1 saturated carbocycles. The summed E-state index contributed by atoms with van der Waals surface area (Å²) in [6.07, 6.45) is 7.74. The summed E-state index contributed by atoms with van der Waals surface area (Å²) in [7, 11) is 0. The summed E-state index contributed by atoms with van der Waals surface area (Å²) in [5, 5.41) is 13.8. The van der Waals surface area contributed by atoms with Crippen LogP contribution < -0.4 is 5.32 Å². The van der Waals surface area contributed by atoms with Gasteiger partial charge < -0.3 is 10.4 Å². The third-order valence-electron chi connectivity index (χ3n) is 4.11. The molecule has 0 aliphatic heterocycles. The minimum absolute atomic E-state index is 0.354. The maximum atomic E-state index is 10.1. The van der Waals surface area contributed by atoms with E-state index >= 15 is 0 Å². The van der Waals surface area contributed by atoms with Gasteiger partial charge in [0.15, 0.2) is 0 Å². The van der Waals surface area contributed by atoms with E-state index in [1.807, 2.05) is 0 Å². The topological polar surface area (TPSA) is 32.3 Å². The molecule has 0 aromatic rings. The second kappa shape index (κ2) is 6.61. The van der Waals surface area contributed by atoms with Gasteiger partial charge >= 0.3 is 0 Å². The van der Waals surface area contributed by atoms with Crippen molar-refractivity contribution in [2.45, 2.75) is 77.4 Å². The van der Waals surface area contributed by atoms with E-state index in [9.17, 15) is 5.11 Å². The predicted molar refractivity (Wildman–Crippen MR) is 69.6 cm³/mol. The predicted octanol–water partition coefficient (Wildman–Crippen LogP) is 3.10. The average molecular weight is 227 g/mol. The van der Waals surface area contributed by atoms with Crippen molar-refractivity contribution < 1.29 is 5.11 Å². The molecule has 0 spiro atoms. The molecule has 1 fully saturated rings. The summed E-state index contributed by atoms with van der Waals surface area (Å²) in [4.78, 5) is 0. The van der Waals surface area contributed by atoms with E-state index < -0.39 is 0 Å². The van der Waals surface area contributed by atoms with Crippen LogP contribution in [-0.2, 0) is 0 Å². The number of hydrogen-bond acceptors (Lipinski definition) is 2. The molecule has 16 heavy (non-hydrogen) atoms. The van der Waals surface area contributed by atoms with Gasteiger partial charge in [-0.05, 0) is 51.0 Å². The number of hydrogen-bond donors (Lipinski definition) is 2. The lowest BCUT2D eigenvalue weighted by Crippen LogP contribution is -2.42. The molecule has 0 bridgehead atoms. The first kappa shape index (κ1) is 14.0. The van der Waals surface area contributed by atoms with Crippen molar-refractivity contribution in [3.63, 3.8) is 0 Å². The zero-order valence-electron chi connectivity index (χ0n) is 11.3.